The van der Waals surface area contributed by atoms with E-state index in [1.54, 1.807) is 24.1 Å². The number of anilines is 1. The van der Waals surface area contributed by atoms with Crippen LogP contribution >= 0.6 is 11.6 Å². The van der Waals surface area contributed by atoms with Gasteiger partial charge in [-0.25, -0.2) is 4.98 Å². The smallest absolute Gasteiger partial charge is 0.323 e. The van der Waals surface area contributed by atoms with Crippen LogP contribution in [0.2, 0.25) is 5.02 Å². The van der Waals surface area contributed by atoms with E-state index in [0.717, 1.165) is 0 Å². The Morgan fingerprint density at radius 2 is 2.05 bits per heavy atom. The van der Waals surface area contributed by atoms with E-state index in [4.69, 9.17) is 16.7 Å². The molecule has 1 heterocycles. The van der Waals surface area contributed by atoms with Crippen molar-refractivity contribution in [2.24, 2.45) is 0 Å². The summed E-state index contributed by atoms with van der Waals surface area (Å²) in [5.41, 5.74) is 0. The van der Waals surface area contributed by atoms with Crippen LogP contribution in [0.15, 0.2) is 18.3 Å². The Hall–Kier alpha value is -1.82. The molecular weight excluding hydrogens is 282 g/mol. The summed E-state index contributed by atoms with van der Waals surface area (Å²) in [6.07, 6.45) is 2.21. The summed E-state index contributed by atoms with van der Waals surface area (Å²) < 4.78 is 0. The lowest BCUT2D eigenvalue weighted by molar-refractivity contribution is -0.143. The van der Waals surface area contributed by atoms with Gasteiger partial charge in [0, 0.05) is 19.8 Å². The molecule has 0 atom stereocenters. The summed E-state index contributed by atoms with van der Waals surface area (Å²) in [6, 6.07) is 3.39. The van der Waals surface area contributed by atoms with Gasteiger partial charge in [-0.2, -0.15) is 0 Å². The SMILES string of the molecule is CCCN(CC(=O)O)C(=O)CN(C)c1ccc(Cl)cn1. The number of hydrogen-bond acceptors (Lipinski definition) is 4. The molecule has 0 unspecified atom stereocenters. The summed E-state index contributed by atoms with van der Waals surface area (Å²) in [5, 5.41) is 9.33. The molecule has 1 aromatic heterocycles. The lowest BCUT2D eigenvalue weighted by atomic mass is 10.3. The van der Waals surface area contributed by atoms with E-state index in [1.165, 1.54) is 11.1 Å². The van der Waals surface area contributed by atoms with Crippen molar-refractivity contribution >= 4 is 29.3 Å². The van der Waals surface area contributed by atoms with Crippen LogP contribution in [0.3, 0.4) is 0 Å². The van der Waals surface area contributed by atoms with Crippen molar-refractivity contribution in [3.63, 3.8) is 0 Å². The van der Waals surface area contributed by atoms with Crippen LogP contribution in [0.4, 0.5) is 5.82 Å². The van der Waals surface area contributed by atoms with E-state index in [1.807, 2.05) is 6.92 Å². The van der Waals surface area contributed by atoms with E-state index in [-0.39, 0.29) is 19.0 Å². The van der Waals surface area contributed by atoms with Crippen molar-refractivity contribution in [1.29, 1.82) is 0 Å². The molecule has 0 aromatic carbocycles. The first-order chi connectivity index (χ1) is 9.43. The van der Waals surface area contributed by atoms with Gasteiger partial charge < -0.3 is 14.9 Å². The number of aliphatic carboxylic acids is 1. The fourth-order valence-electron chi connectivity index (χ4n) is 1.70. The van der Waals surface area contributed by atoms with E-state index in [0.29, 0.717) is 23.8 Å². The maximum absolute atomic E-state index is 12.1. The highest BCUT2D eigenvalue weighted by Gasteiger charge is 2.18. The average Bonchev–Trinajstić information content (AvgIpc) is 2.38. The number of amides is 1. The Balaban J connectivity index is 2.66. The second-order valence-corrected chi connectivity index (χ2v) is 4.84. The molecule has 7 heteroatoms. The normalized spacial score (nSPS) is 10.2. The molecule has 1 amide bonds. The second-order valence-electron chi connectivity index (χ2n) is 4.40. The Morgan fingerprint density at radius 3 is 2.55 bits per heavy atom. The summed E-state index contributed by atoms with van der Waals surface area (Å²) in [4.78, 5) is 29.9. The van der Waals surface area contributed by atoms with Gasteiger partial charge in [0.1, 0.15) is 12.4 Å². The molecule has 1 N–H and O–H groups in total. The minimum Gasteiger partial charge on any atom is -0.480 e. The number of nitrogens with zero attached hydrogens (tertiary/aromatic N) is 3. The van der Waals surface area contributed by atoms with E-state index < -0.39 is 5.97 Å². The highest BCUT2D eigenvalue weighted by molar-refractivity contribution is 6.30. The minimum atomic E-state index is -1.01. The van der Waals surface area contributed by atoms with Gasteiger partial charge in [0.25, 0.3) is 0 Å². The Kier molecular flexibility index (Phi) is 6.24. The van der Waals surface area contributed by atoms with Gasteiger partial charge in [0.05, 0.1) is 11.6 Å². The van der Waals surface area contributed by atoms with E-state index in [2.05, 4.69) is 4.98 Å². The Bertz CT molecular complexity index is 464. The molecule has 0 fully saturated rings. The Labute approximate surface area is 123 Å². The minimum absolute atomic E-state index is 0.0713. The van der Waals surface area contributed by atoms with E-state index >= 15 is 0 Å². The number of pyridine rings is 1. The molecule has 0 aliphatic rings. The molecule has 1 aromatic rings. The predicted molar refractivity (Wildman–Crippen MR) is 77.0 cm³/mol. The lowest BCUT2D eigenvalue weighted by Gasteiger charge is -2.24. The van der Waals surface area contributed by atoms with Crippen LogP contribution in [0.5, 0.6) is 0 Å². The third kappa shape index (κ3) is 5.05. The first kappa shape index (κ1) is 16.2. The van der Waals surface area contributed by atoms with Gasteiger partial charge in [-0.3, -0.25) is 9.59 Å². The molecule has 6 nitrogen and oxygen atoms in total. The van der Waals surface area contributed by atoms with Crippen LogP contribution in [0.1, 0.15) is 13.3 Å². The summed E-state index contributed by atoms with van der Waals surface area (Å²) in [6.45, 7) is 2.11. The number of likely N-dealkylation sites (N-methyl/N-ethyl adjacent to an activating group) is 1. The Morgan fingerprint density at radius 1 is 1.35 bits per heavy atom. The van der Waals surface area contributed by atoms with Crippen LogP contribution in [-0.2, 0) is 9.59 Å². The van der Waals surface area contributed by atoms with Crippen molar-refractivity contribution < 1.29 is 14.7 Å². The summed E-state index contributed by atoms with van der Waals surface area (Å²) >= 11 is 5.75. The van der Waals surface area contributed by atoms with Crippen LogP contribution in [0.25, 0.3) is 0 Å². The predicted octanol–water partition coefficient (Wildman–Crippen LogP) is 1.49. The zero-order valence-corrected chi connectivity index (χ0v) is 12.3. The number of aromatic nitrogens is 1. The maximum atomic E-state index is 12.1. The maximum Gasteiger partial charge on any atom is 0.323 e. The van der Waals surface area contributed by atoms with Gasteiger partial charge >= 0.3 is 5.97 Å². The largest absolute Gasteiger partial charge is 0.480 e. The quantitative estimate of drug-likeness (QED) is 0.826. The molecule has 0 aliphatic carbocycles. The molecule has 0 saturated carbocycles. The fraction of sp³-hybridized carbons (Fsp3) is 0.462. The number of carbonyl (C=O) groups excluding carboxylic acids is 1. The monoisotopic (exact) mass is 299 g/mol. The second kappa shape index (κ2) is 7.69. The molecule has 0 radical (unpaired) electrons. The molecule has 110 valence electrons. The number of carbonyl (C=O) groups is 2. The topological polar surface area (TPSA) is 73.7 Å². The first-order valence-corrected chi connectivity index (χ1v) is 6.64. The molecule has 1 rings (SSSR count). The van der Waals surface area contributed by atoms with Crippen LogP contribution < -0.4 is 4.90 Å². The van der Waals surface area contributed by atoms with Crippen molar-refractivity contribution in [2.75, 3.05) is 31.6 Å². The van der Waals surface area contributed by atoms with Crippen molar-refractivity contribution in [1.82, 2.24) is 9.88 Å². The summed E-state index contributed by atoms with van der Waals surface area (Å²) in [5.74, 6) is -0.651. The number of rotatable bonds is 7. The highest BCUT2D eigenvalue weighted by atomic mass is 35.5. The molecule has 0 saturated heterocycles. The fourth-order valence-corrected chi connectivity index (χ4v) is 1.81. The van der Waals surface area contributed by atoms with Crippen molar-refractivity contribution in [2.45, 2.75) is 13.3 Å². The molecule has 0 bridgehead atoms. The number of halogens is 1. The molecular formula is C13H18ClN3O3. The number of carboxylic acids is 1. The van der Waals surface area contributed by atoms with Gasteiger partial charge in [0.2, 0.25) is 5.91 Å². The average molecular weight is 300 g/mol. The number of hydrogen-bond donors (Lipinski definition) is 1. The molecule has 0 aliphatic heterocycles. The van der Waals surface area contributed by atoms with Crippen LogP contribution in [-0.4, -0.2) is 53.5 Å². The zero-order chi connectivity index (χ0) is 15.1. The van der Waals surface area contributed by atoms with E-state index in [9.17, 15) is 9.59 Å². The van der Waals surface area contributed by atoms with Gasteiger partial charge in [0.15, 0.2) is 0 Å². The lowest BCUT2D eigenvalue weighted by Crippen LogP contribution is -2.42. The third-order valence-electron chi connectivity index (χ3n) is 2.65. The first-order valence-electron chi connectivity index (χ1n) is 6.26. The van der Waals surface area contributed by atoms with Gasteiger partial charge in [-0.1, -0.05) is 18.5 Å². The number of carboxylic acid groups (broad SMARTS) is 1. The molecule has 0 spiro atoms. The van der Waals surface area contributed by atoms with Crippen LogP contribution in [0, 0.1) is 0 Å². The summed E-state index contributed by atoms with van der Waals surface area (Å²) in [7, 11) is 1.72. The third-order valence-corrected chi connectivity index (χ3v) is 2.87. The zero-order valence-electron chi connectivity index (χ0n) is 11.5. The van der Waals surface area contributed by atoms with Gasteiger partial charge in [-0.05, 0) is 18.6 Å². The molecule has 20 heavy (non-hydrogen) atoms. The van der Waals surface area contributed by atoms with Crippen molar-refractivity contribution in [3.05, 3.63) is 23.4 Å². The van der Waals surface area contributed by atoms with Crippen molar-refractivity contribution in [3.8, 4) is 0 Å². The van der Waals surface area contributed by atoms with Gasteiger partial charge in [-0.15, -0.1) is 0 Å². The highest BCUT2D eigenvalue weighted by Crippen LogP contribution is 2.12. The standard InChI is InChI=1S/C13H18ClN3O3/c1-3-6-17(9-13(19)20)12(18)8-16(2)11-5-4-10(14)7-15-11/h4-5,7H,3,6,8-9H2,1-2H3,(H,19,20).